The number of cyclic esters (lactones) is 1. The number of allylic oxidation sites excluding steroid dienone is 1. The van der Waals surface area contributed by atoms with Gasteiger partial charge in [0, 0.05) is 5.57 Å². The third kappa shape index (κ3) is 2.13. The Hall–Kier alpha value is -1.17. The highest BCUT2D eigenvalue weighted by Gasteiger charge is 2.40. The minimum Gasteiger partial charge on any atom is -0.423 e. The molecular formula is C12H16O5. The first-order valence-corrected chi connectivity index (χ1v) is 5.76. The molecule has 17 heavy (non-hydrogen) atoms. The van der Waals surface area contributed by atoms with Gasteiger partial charge in [-0.1, -0.05) is 6.92 Å². The van der Waals surface area contributed by atoms with Crippen molar-refractivity contribution in [2.45, 2.75) is 44.5 Å². The normalized spacial score (nSPS) is 32.7. The molecule has 1 aliphatic heterocycles. The lowest BCUT2D eigenvalue weighted by molar-refractivity contribution is -0.135. The van der Waals surface area contributed by atoms with Gasteiger partial charge in [-0.25, -0.2) is 4.79 Å². The maximum Gasteiger partial charge on any atom is 0.342 e. The maximum atomic E-state index is 11.6. The average molecular weight is 240 g/mol. The molecule has 3 atom stereocenters. The van der Waals surface area contributed by atoms with Crippen molar-refractivity contribution in [2.75, 3.05) is 0 Å². The van der Waals surface area contributed by atoms with Gasteiger partial charge in [0.2, 0.25) is 0 Å². The van der Waals surface area contributed by atoms with Crippen LogP contribution in [-0.4, -0.2) is 39.6 Å². The van der Waals surface area contributed by atoms with Gasteiger partial charge in [0.15, 0.2) is 0 Å². The van der Waals surface area contributed by atoms with E-state index in [0.717, 1.165) is 0 Å². The third-order valence-corrected chi connectivity index (χ3v) is 3.16. The Labute approximate surface area is 99.0 Å². The molecule has 0 bridgehead atoms. The lowest BCUT2D eigenvalue weighted by Gasteiger charge is -2.22. The Morgan fingerprint density at radius 1 is 1.53 bits per heavy atom. The maximum absolute atomic E-state index is 11.6. The number of carbonyl (C=O) groups excluding carboxylic acids is 1. The van der Waals surface area contributed by atoms with Gasteiger partial charge in [0.1, 0.15) is 11.9 Å². The van der Waals surface area contributed by atoms with E-state index >= 15 is 0 Å². The van der Waals surface area contributed by atoms with Crippen LogP contribution < -0.4 is 0 Å². The second-order valence-electron chi connectivity index (χ2n) is 4.34. The molecule has 0 aromatic heterocycles. The highest BCUT2D eigenvalue weighted by Crippen LogP contribution is 2.37. The summed E-state index contributed by atoms with van der Waals surface area (Å²) in [6.45, 7) is 1.81. The fraction of sp³-hybridized carbons (Fsp3) is 0.583. The molecule has 0 saturated heterocycles. The van der Waals surface area contributed by atoms with Crippen LogP contribution in [0.1, 0.15) is 26.2 Å². The minimum atomic E-state index is -1.18. The van der Waals surface area contributed by atoms with Crippen molar-refractivity contribution in [3.63, 3.8) is 0 Å². The molecule has 1 heterocycles. The summed E-state index contributed by atoms with van der Waals surface area (Å²) < 4.78 is 5.02. The quantitative estimate of drug-likeness (QED) is 0.592. The van der Waals surface area contributed by atoms with Crippen molar-refractivity contribution in [1.29, 1.82) is 0 Å². The monoisotopic (exact) mass is 240 g/mol. The first kappa shape index (κ1) is 12.3. The Kier molecular flexibility index (Phi) is 3.33. The molecule has 0 aromatic carbocycles. The third-order valence-electron chi connectivity index (χ3n) is 3.16. The van der Waals surface area contributed by atoms with Gasteiger partial charge >= 0.3 is 5.97 Å². The standard InChI is InChI=1S/C12H16O5/c1-2-6(13)5-9-7-3-4-8(14)11(15)10(7)12(16)17-9/h5-6,8,11,13-15H,2-4H2,1H3. The van der Waals surface area contributed by atoms with Crippen LogP contribution in [0.15, 0.2) is 23.0 Å². The second kappa shape index (κ2) is 4.60. The van der Waals surface area contributed by atoms with E-state index in [1.54, 1.807) is 0 Å². The van der Waals surface area contributed by atoms with Crippen molar-refractivity contribution >= 4 is 5.97 Å². The Morgan fingerprint density at radius 2 is 2.24 bits per heavy atom. The number of ether oxygens (including phenoxy) is 1. The van der Waals surface area contributed by atoms with Crippen LogP contribution in [0.5, 0.6) is 0 Å². The summed E-state index contributed by atoms with van der Waals surface area (Å²) in [6.07, 6.45) is 0.0818. The molecule has 94 valence electrons. The van der Waals surface area contributed by atoms with Gasteiger partial charge in [-0.2, -0.15) is 0 Å². The van der Waals surface area contributed by atoms with E-state index in [4.69, 9.17) is 4.74 Å². The molecule has 0 aromatic rings. The van der Waals surface area contributed by atoms with Gasteiger partial charge in [-0.3, -0.25) is 0 Å². The predicted octanol–water partition coefficient (Wildman–Crippen LogP) is 0.0102. The Bertz CT molecular complexity index is 396. The lowest BCUT2D eigenvalue weighted by atomic mass is 9.87. The zero-order valence-corrected chi connectivity index (χ0v) is 9.59. The van der Waals surface area contributed by atoms with Crippen LogP contribution in [0.2, 0.25) is 0 Å². The SMILES string of the molecule is CCC(O)C=C1OC(=O)C2=C1CCC(O)C2O. The predicted molar refractivity (Wildman–Crippen MR) is 58.7 cm³/mol. The topological polar surface area (TPSA) is 87.0 Å². The molecule has 0 radical (unpaired) electrons. The number of aliphatic hydroxyl groups excluding tert-OH is 3. The molecule has 3 N–H and O–H groups in total. The van der Waals surface area contributed by atoms with Crippen LogP contribution >= 0.6 is 0 Å². The molecule has 5 heteroatoms. The van der Waals surface area contributed by atoms with Crippen molar-refractivity contribution < 1.29 is 24.9 Å². The fourth-order valence-corrected chi connectivity index (χ4v) is 2.10. The van der Waals surface area contributed by atoms with E-state index in [9.17, 15) is 20.1 Å². The van der Waals surface area contributed by atoms with Gasteiger partial charge in [0.25, 0.3) is 0 Å². The zero-order valence-electron chi connectivity index (χ0n) is 9.59. The van der Waals surface area contributed by atoms with Gasteiger partial charge in [0.05, 0.1) is 17.8 Å². The van der Waals surface area contributed by atoms with Crippen LogP contribution in [-0.2, 0) is 9.53 Å². The molecule has 5 nitrogen and oxygen atoms in total. The van der Waals surface area contributed by atoms with E-state index in [2.05, 4.69) is 0 Å². The highest BCUT2D eigenvalue weighted by molar-refractivity contribution is 5.96. The molecule has 0 saturated carbocycles. The first-order valence-electron chi connectivity index (χ1n) is 5.76. The number of hydrogen-bond donors (Lipinski definition) is 3. The number of carbonyl (C=O) groups is 1. The summed E-state index contributed by atoms with van der Waals surface area (Å²) in [7, 11) is 0. The van der Waals surface area contributed by atoms with Gasteiger partial charge < -0.3 is 20.1 Å². The first-order chi connectivity index (χ1) is 8.04. The number of rotatable bonds is 2. The number of hydrogen-bond acceptors (Lipinski definition) is 5. The Balaban J connectivity index is 2.34. The lowest BCUT2D eigenvalue weighted by Crippen LogP contribution is -2.33. The largest absolute Gasteiger partial charge is 0.423 e. The molecular weight excluding hydrogens is 224 g/mol. The summed E-state index contributed by atoms with van der Waals surface area (Å²) in [5.74, 6) is -0.300. The molecule has 2 rings (SSSR count). The van der Waals surface area contributed by atoms with E-state index < -0.39 is 24.3 Å². The van der Waals surface area contributed by atoms with Crippen molar-refractivity contribution in [1.82, 2.24) is 0 Å². The molecule has 0 amide bonds. The summed E-state index contributed by atoms with van der Waals surface area (Å²) in [5, 5.41) is 28.7. The minimum absolute atomic E-state index is 0.137. The highest BCUT2D eigenvalue weighted by atomic mass is 16.5. The second-order valence-corrected chi connectivity index (χ2v) is 4.34. The number of esters is 1. The van der Waals surface area contributed by atoms with Crippen molar-refractivity contribution in [3.05, 3.63) is 23.0 Å². The smallest absolute Gasteiger partial charge is 0.342 e. The van der Waals surface area contributed by atoms with E-state index in [1.165, 1.54) is 6.08 Å². The van der Waals surface area contributed by atoms with Crippen LogP contribution in [0.4, 0.5) is 0 Å². The zero-order chi connectivity index (χ0) is 12.6. The molecule has 0 spiro atoms. The molecule has 2 aliphatic rings. The summed E-state index contributed by atoms with van der Waals surface area (Å²) in [6, 6.07) is 0. The van der Waals surface area contributed by atoms with Crippen LogP contribution in [0.25, 0.3) is 0 Å². The van der Waals surface area contributed by atoms with Crippen molar-refractivity contribution in [3.8, 4) is 0 Å². The summed E-state index contributed by atoms with van der Waals surface area (Å²) in [4.78, 5) is 11.6. The fourth-order valence-electron chi connectivity index (χ4n) is 2.10. The van der Waals surface area contributed by atoms with Crippen molar-refractivity contribution in [2.24, 2.45) is 0 Å². The van der Waals surface area contributed by atoms with E-state index in [-0.39, 0.29) is 5.57 Å². The van der Waals surface area contributed by atoms with Crippen LogP contribution in [0, 0.1) is 0 Å². The molecule has 3 unspecified atom stereocenters. The molecule has 0 fully saturated rings. The van der Waals surface area contributed by atoms with Gasteiger partial charge in [-0.15, -0.1) is 0 Å². The van der Waals surface area contributed by atoms with Crippen LogP contribution in [0.3, 0.4) is 0 Å². The summed E-state index contributed by atoms with van der Waals surface area (Å²) >= 11 is 0. The van der Waals surface area contributed by atoms with E-state index in [1.807, 2.05) is 6.92 Å². The number of aliphatic hydroxyl groups is 3. The van der Waals surface area contributed by atoms with Gasteiger partial charge in [-0.05, 0) is 25.3 Å². The average Bonchev–Trinajstić information content (AvgIpc) is 2.61. The summed E-state index contributed by atoms with van der Waals surface area (Å²) in [5.41, 5.74) is 0.749. The molecule has 1 aliphatic carbocycles. The Morgan fingerprint density at radius 3 is 2.88 bits per heavy atom. The van der Waals surface area contributed by atoms with E-state index in [0.29, 0.717) is 30.6 Å².